The molecule has 0 aliphatic heterocycles. The summed E-state index contributed by atoms with van der Waals surface area (Å²) in [6, 6.07) is 24.9. The number of carbonyl (C=O) groups excluding carboxylic acids is 1. The first-order chi connectivity index (χ1) is 13.2. The molecule has 0 saturated carbocycles. The van der Waals surface area contributed by atoms with E-state index in [1.54, 1.807) is 16.9 Å². The number of benzene rings is 2. The Hall–Kier alpha value is -3.73. The predicted molar refractivity (Wildman–Crippen MR) is 106 cm³/mol. The van der Waals surface area contributed by atoms with Crippen LogP contribution in [-0.2, 0) is 0 Å². The van der Waals surface area contributed by atoms with Crippen molar-refractivity contribution in [3.63, 3.8) is 0 Å². The molecule has 2 aromatic carbocycles. The van der Waals surface area contributed by atoms with Gasteiger partial charge >= 0.3 is 0 Å². The third-order valence-electron chi connectivity index (χ3n) is 4.16. The monoisotopic (exact) mass is 354 g/mol. The average molecular weight is 354 g/mol. The maximum absolute atomic E-state index is 13.0. The minimum Gasteiger partial charge on any atom is -0.306 e. The Morgan fingerprint density at radius 3 is 2.30 bits per heavy atom. The first kappa shape index (κ1) is 16.7. The molecule has 0 spiro atoms. The van der Waals surface area contributed by atoms with Gasteiger partial charge in [-0.1, -0.05) is 54.6 Å². The van der Waals surface area contributed by atoms with Crippen molar-refractivity contribution in [3.8, 4) is 16.9 Å². The molecule has 0 bridgehead atoms. The number of aryl methyl sites for hydroxylation is 1. The summed E-state index contributed by atoms with van der Waals surface area (Å²) < 4.78 is 1.72. The van der Waals surface area contributed by atoms with E-state index in [0.29, 0.717) is 17.1 Å². The molecule has 0 fully saturated rings. The maximum Gasteiger partial charge on any atom is 0.260 e. The van der Waals surface area contributed by atoms with Crippen LogP contribution < -0.4 is 5.32 Å². The standard InChI is InChI=1S/C22H18N4O/c1-16-9-8-14-20(23-16)24-22(27)19-15-26(18-12-6-3-7-13-18)25-21(19)17-10-4-2-5-11-17/h2-15H,1H3,(H,23,24,27). The number of pyridine rings is 1. The second kappa shape index (κ2) is 7.25. The summed E-state index contributed by atoms with van der Waals surface area (Å²) in [6.45, 7) is 1.89. The number of amides is 1. The van der Waals surface area contributed by atoms with Crippen molar-refractivity contribution in [1.29, 1.82) is 0 Å². The summed E-state index contributed by atoms with van der Waals surface area (Å²) in [4.78, 5) is 17.3. The van der Waals surface area contributed by atoms with E-state index in [1.165, 1.54) is 0 Å². The van der Waals surface area contributed by atoms with Gasteiger partial charge in [0.05, 0.1) is 11.3 Å². The van der Waals surface area contributed by atoms with Crippen LogP contribution in [0.5, 0.6) is 0 Å². The van der Waals surface area contributed by atoms with E-state index in [4.69, 9.17) is 0 Å². The molecule has 4 aromatic rings. The summed E-state index contributed by atoms with van der Waals surface area (Å²) in [7, 11) is 0. The quantitative estimate of drug-likeness (QED) is 0.587. The molecule has 2 heterocycles. The molecule has 132 valence electrons. The van der Waals surface area contributed by atoms with Crippen LogP contribution in [0.2, 0.25) is 0 Å². The molecule has 0 aliphatic rings. The van der Waals surface area contributed by atoms with Crippen molar-refractivity contribution >= 4 is 11.7 Å². The highest BCUT2D eigenvalue weighted by Gasteiger charge is 2.19. The van der Waals surface area contributed by atoms with Gasteiger partial charge in [-0.15, -0.1) is 0 Å². The van der Waals surface area contributed by atoms with Gasteiger partial charge in [-0.3, -0.25) is 4.79 Å². The van der Waals surface area contributed by atoms with Crippen LogP contribution in [0.25, 0.3) is 16.9 Å². The molecule has 0 radical (unpaired) electrons. The van der Waals surface area contributed by atoms with E-state index < -0.39 is 0 Å². The number of rotatable bonds is 4. The molecule has 4 rings (SSSR count). The first-order valence-electron chi connectivity index (χ1n) is 8.66. The van der Waals surface area contributed by atoms with Crippen LogP contribution in [0, 0.1) is 6.92 Å². The average Bonchev–Trinajstić information content (AvgIpc) is 3.15. The Morgan fingerprint density at radius 2 is 1.59 bits per heavy atom. The molecular formula is C22H18N4O. The molecule has 1 amide bonds. The van der Waals surface area contributed by atoms with Crippen molar-refractivity contribution in [3.05, 3.63) is 96.3 Å². The zero-order chi connectivity index (χ0) is 18.6. The van der Waals surface area contributed by atoms with Crippen molar-refractivity contribution in [2.24, 2.45) is 0 Å². The van der Waals surface area contributed by atoms with Crippen LogP contribution in [0.3, 0.4) is 0 Å². The van der Waals surface area contributed by atoms with Gasteiger partial charge in [0.15, 0.2) is 0 Å². The lowest BCUT2D eigenvalue weighted by Gasteiger charge is -2.05. The third-order valence-corrected chi connectivity index (χ3v) is 4.16. The lowest BCUT2D eigenvalue weighted by Crippen LogP contribution is -2.13. The number of anilines is 1. The molecule has 5 heteroatoms. The molecule has 27 heavy (non-hydrogen) atoms. The third kappa shape index (κ3) is 3.62. The Morgan fingerprint density at radius 1 is 0.889 bits per heavy atom. The number of para-hydroxylation sites is 1. The highest BCUT2D eigenvalue weighted by atomic mass is 16.1. The van der Waals surface area contributed by atoms with Crippen LogP contribution in [0.15, 0.2) is 85.1 Å². The van der Waals surface area contributed by atoms with Crippen molar-refractivity contribution in [1.82, 2.24) is 14.8 Å². The Kier molecular flexibility index (Phi) is 4.49. The topological polar surface area (TPSA) is 59.8 Å². The Balaban J connectivity index is 1.76. The van der Waals surface area contributed by atoms with Gasteiger partial charge in [-0.2, -0.15) is 5.10 Å². The first-order valence-corrected chi connectivity index (χ1v) is 8.66. The van der Waals surface area contributed by atoms with Gasteiger partial charge in [-0.25, -0.2) is 9.67 Å². The fraction of sp³-hybridized carbons (Fsp3) is 0.0455. The van der Waals surface area contributed by atoms with Crippen LogP contribution in [0.1, 0.15) is 16.1 Å². The van der Waals surface area contributed by atoms with E-state index in [2.05, 4.69) is 15.4 Å². The Bertz CT molecular complexity index is 1070. The number of hydrogen-bond donors (Lipinski definition) is 1. The van der Waals surface area contributed by atoms with Gasteiger partial charge in [-0.05, 0) is 31.2 Å². The second-order valence-corrected chi connectivity index (χ2v) is 6.16. The number of carbonyl (C=O) groups is 1. The van der Waals surface area contributed by atoms with Gasteiger partial charge in [0.1, 0.15) is 11.5 Å². The van der Waals surface area contributed by atoms with Crippen LogP contribution >= 0.6 is 0 Å². The SMILES string of the molecule is Cc1cccc(NC(=O)c2cn(-c3ccccc3)nc2-c2ccccc2)n1. The fourth-order valence-corrected chi connectivity index (χ4v) is 2.86. The number of nitrogens with one attached hydrogen (secondary N) is 1. The molecule has 0 atom stereocenters. The molecule has 1 N–H and O–H groups in total. The highest BCUT2D eigenvalue weighted by molar-refractivity contribution is 6.07. The smallest absolute Gasteiger partial charge is 0.260 e. The van der Waals surface area contributed by atoms with E-state index in [1.807, 2.05) is 79.7 Å². The minimum absolute atomic E-state index is 0.242. The largest absolute Gasteiger partial charge is 0.306 e. The zero-order valence-corrected chi connectivity index (χ0v) is 14.8. The molecule has 0 aliphatic carbocycles. The summed E-state index contributed by atoms with van der Waals surface area (Å²) in [6.07, 6.45) is 1.75. The van der Waals surface area contributed by atoms with Gasteiger partial charge < -0.3 is 5.32 Å². The lowest BCUT2D eigenvalue weighted by molar-refractivity contribution is 0.102. The molecule has 0 saturated heterocycles. The molecular weight excluding hydrogens is 336 g/mol. The van der Waals surface area contributed by atoms with Gasteiger partial charge in [0, 0.05) is 17.5 Å². The molecule has 5 nitrogen and oxygen atoms in total. The number of aromatic nitrogens is 3. The molecule has 0 unspecified atom stereocenters. The number of hydrogen-bond acceptors (Lipinski definition) is 3. The highest BCUT2D eigenvalue weighted by Crippen LogP contribution is 2.24. The van der Waals surface area contributed by atoms with Crippen molar-refractivity contribution in [2.45, 2.75) is 6.92 Å². The fourth-order valence-electron chi connectivity index (χ4n) is 2.86. The normalized spacial score (nSPS) is 10.6. The summed E-state index contributed by atoms with van der Waals surface area (Å²) in [5.41, 5.74) is 3.74. The van der Waals surface area contributed by atoms with E-state index in [9.17, 15) is 4.79 Å². The summed E-state index contributed by atoms with van der Waals surface area (Å²) in [5.74, 6) is 0.278. The second-order valence-electron chi connectivity index (χ2n) is 6.16. The van der Waals surface area contributed by atoms with Crippen molar-refractivity contribution < 1.29 is 4.79 Å². The van der Waals surface area contributed by atoms with Gasteiger partial charge in [0.2, 0.25) is 0 Å². The van der Waals surface area contributed by atoms with E-state index >= 15 is 0 Å². The van der Waals surface area contributed by atoms with Crippen molar-refractivity contribution in [2.75, 3.05) is 5.32 Å². The van der Waals surface area contributed by atoms with Crippen LogP contribution in [-0.4, -0.2) is 20.7 Å². The summed E-state index contributed by atoms with van der Waals surface area (Å²) >= 11 is 0. The van der Waals surface area contributed by atoms with Gasteiger partial charge in [0.25, 0.3) is 5.91 Å². The minimum atomic E-state index is -0.242. The van der Waals surface area contributed by atoms with Crippen LogP contribution in [0.4, 0.5) is 5.82 Å². The summed E-state index contributed by atoms with van der Waals surface area (Å²) in [5, 5.41) is 7.54. The van der Waals surface area contributed by atoms with E-state index in [0.717, 1.165) is 16.9 Å². The zero-order valence-electron chi connectivity index (χ0n) is 14.8. The predicted octanol–water partition coefficient (Wildman–Crippen LogP) is 4.50. The molecule has 2 aromatic heterocycles. The Labute approximate surface area is 157 Å². The van der Waals surface area contributed by atoms with E-state index in [-0.39, 0.29) is 5.91 Å². The maximum atomic E-state index is 13.0. The number of nitrogens with zero attached hydrogens (tertiary/aromatic N) is 3. The lowest BCUT2D eigenvalue weighted by atomic mass is 10.1.